The van der Waals surface area contributed by atoms with Gasteiger partial charge in [0, 0.05) is 19.3 Å². The molecule has 1 unspecified atom stereocenters. The van der Waals surface area contributed by atoms with Crippen molar-refractivity contribution in [3.8, 4) is 0 Å². The van der Waals surface area contributed by atoms with Gasteiger partial charge in [0.1, 0.15) is 13.2 Å². The number of hydrogen-bond donors (Lipinski definition) is 0. The Morgan fingerprint density at radius 1 is 0.351 bits per heavy atom. The summed E-state index contributed by atoms with van der Waals surface area (Å²) in [5, 5.41) is 0. The second-order valence-corrected chi connectivity index (χ2v) is 18.6. The Labute approximate surface area is 355 Å². The topological polar surface area (TPSA) is 78.9 Å². The number of ether oxygens (including phenoxy) is 3. The zero-order valence-electron chi connectivity index (χ0n) is 39.1. The maximum atomic E-state index is 12.7. The minimum atomic E-state index is -0.763. The smallest absolute Gasteiger partial charge is 0.306 e. The number of rotatable bonds is 44. The van der Waals surface area contributed by atoms with Gasteiger partial charge < -0.3 is 14.2 Å². The number of hydrogen-bond acceptors (Lipinski definition) is 6. The molecular weight excluding hydrogens is 709 g/mol. The van der Waals surface area contributed by atoms with Crippen LogP contribution in [-0.2, 0) is 28.6 Å². The van der Waals surface area contributed by atoms with Gasteiger partial charge >= 0.3 is 17.9 Å². The fourth-order valence-corrected chi connectivity index (χ4v) is 7.55. The zero-order chi connectivity index (χ0) is 42.0. The molecule has 338 valence electrons. The van der Waals surface area contributed by atoms with Crippen molar-refractivity contribution in [2.75, 3.05) is 13.2 Å². The van der Waals surface area contributed by atoms with E-state index in [4.69, 9.17) is 14.2 Å². The van der Waals surface area contributed by atoms with Crippen molar-refractivity contribution in [2.45, 2.75) is 279 Å². The molecule has 0 amide bonds. The standard InChI is InChI=1S/C51H98O6/c1-7-47(6)39-33-27-23-24-30-36-42-51(54)57-48(44-56-50(53)41-35-29-22-18-14-10-12-16-20-26-32-38-46(4)5)43-55-49(52)40-34-28-21-17-13-9-8-11-15-19-25-31-37-45(2)3/h45-48H,7-44H2,1-6H3/t47?,48-/m1/s1. The van der Waals surface area contributed by atoms with Gasteiger partial charge in [0.25, 0.3) is 0 Å². The zero-order valence-corrected chi connectivity index (χ0v) is 39.1. The molecule has 0 saturated carbocycles. The molecule has 0 aliphatic heterocycles. The molecule has 0 aliphatic rings. The fourth-order valence-electron chi connectivity index (χ4n) is 7.55. The summed E-state index contributed by atoms with van der Waals surface area (Å²) in [6.07, 6.45) is 40.9. The van der Waals surface area contributed by atoms with Gasteiger partial charge in [-0.1, -0.05) is 234 Å². The van der Waals surface area contributed by atoms with Crippen molar-refractivity contribution in [1.29, 1.82) is 0 Å². The van der Waals surface area contributed by atoms with Crippen LogP contribution >= 0.6 is 0 Å². The van der Waals surface area contributed by atoms with Gasteiger partial charge in [0.2, 0.25) is 0 Å². The first-order valence-electron chi connectivity index (χ1n) is 25.1. The monoisotopic (exact) mass is 807 g/mol. The molecule has 0 fully saturated rings. The van der Waals surface area contributed by atoms with E-state index >= 15 is 0 Å². The maximum absolute atomic E-state index is 12.7. The van der Waals surface area contributed by atoms with E-state index in [-0.39, 0.29) is 31.1 Å². The lowest BCUT2D eigenvalue weighted by atomic mass is 10.00. The van der Waals surface area contributed by atoms with Gasteiger partial charge in [-0.2, -0.15) is 0 Å². The summed E-state index contributed by atoms with van der Waals surface area (Å²) in [4.78, 5) is 37.9. The lowest BCUT2D eigenvalue weighted by Crippen LogP contribution is -2.30. The Balaban J connectivity index is 4.30. The molecule has 0 aromatic rings. The highest BCUT2D eigenvalue weighted by atomic mass is 16.6. The lowest BCUT2D eigenvalue weighted by molar-refractivity contribution is -0.167. The number of carbonyl (C=O) groups excluding carboxylic acids is 3. The molecule has 57 heavy (non-hydrogen) atoms. The third kappa shape index (κ3) is 43.8. The Hall–Kier alpha value is -1.59. The Kier molecular flexibility index (Phi) is 41.3. The van der Waals surface area contributed by atoms with Crippen LogP contribution in [0.25, 0.3) is 0 Å². The van der Waals surface area contributed by atoms with E-state index < -0.39 is 6.10 Å². The van der Waals surface area contributed by atoms with Crippen LogP contribution in [-0.4, -0.2) is 37.2 Å². The molecule has 0 saturated heterocycles. The molecule has 0 N–H and O–H groups in total. The van der Waals surface area contributed by atoms with Crippen LogP contribution in [0.5, 0.6) is 0 Å². The molecule has 0 aromatic heterocycles. The van der Waals surface area contributed by atoms with Crippen LogP contribution in [0.15, 0.2) is 0 Å². The van der Waals surface area contributed by atoms with E-state index in [1.54, 1.807) is 0 Å². The van der Waals surface area contributed by atoms with E-state index in [2.05, 4.69) is 41.5 Å². The lowest BCUT2D eigenvalue weighted by Gasteiger charge is -2.18. The highest BCUT2D eigenvalue weighted by molar-refractivity contribution is 5.71. The van der Waals surface area contributed by atoms with E-state index in [9.17, 15) is 14.4 Å². The molecular formula is C51H98O6. The van der Waals surface area contributed by atoms with Crippen molar-refractivity contribution in [2.24, 2.45) is 17.8 Å². The largest absolute Gasteiger partial charge is 0.462 e. The number of esters is 3. The van der Waals surface area contributed by atoms with E-state index in [0.29, 0.717) is 19.3 Å². The highest BCUT2D eigenvalue weighted by Gasteiger charge is 2.19. The summed E-state index contributed by atoms with van der Waals surface area (Å²) < 4.78 is 16.8. The molecule has 0 radical (unpaired) electrons. The first-order valence-corrected chi connectivity index (χ1v) is 25.1. The summed E-state index contributed by atoms with van der Waals surface area (Å²) in [5.41, 5.74) is 0. The summed E-state index contributed by atoms with van der Waals surface area (Å²) >= 11 is 0. The van der Waals surface area contributed by atoms with Crippen molar-refractivity contribution in [1.82, 2.24) is 0 Å². The van der Waals surface area contributed by atoms with Gasteiger partial charge in [0.05, 0.1) is 0 Å². The average Bonchev–Trinajstić information content (AvgIpc) is 3.18. The highest BCUT2D eigenvalue weighted by Crippen LogP contribution is 2.18. The van der Waals surface area contributed by atoms with Gasteiger partial charge in [-0.3, -0.25) is 14.4 Å². The molecule has 0 spiro atoms. The van der Waals surface area contributed by atoms with E-state index in [1.807, 2.05) is 0 Å². The number of carbonyl (C=O) groups is 3. The molecule has 0 aromatic carbocycles. The maximum Gasteiger partial charge on any atom is 0.306 e. The van der Waals surface area contributed by atoms with Gasteiger partial charge in [0.15, 0.2) is 6.10 Å². The van der Waals surface area contributed by atoms with Crippen LogP contribution < -0.4 is 0 Å². The minimum absolute atomic E-state index is 0.0658. The average molecular weight is 807 g/mol. The van der Waals surface area contributed by atoms with Crippen molar-refractivity contribution in [3.05, 3.63) is 0 Å². The van der Waals surface area contributed by atoms with E-state index in [0.717, 1.165) is 75.5 Å². The molecule has 6 heteroatoms. The van der Waals surface area contributed by atoms with Crippen molar-refractivity contribution >= 4 is 17.9 Å². The third-order valence-corrected chi connectivity index (χ3v) is 11.8. The Bertz CT molecular complexity index is 885. The first-order chi connectivity index (χ1) is 27.6. The summed E-state index contributed by atoms with van der Waals surface area (Å²) in [5.74, 6) is 1.61. The number of unbranched alkanes of at least 4 members (excludes halogenated alkanes) is 26. The molecule has 6 nitrogen and oxygen atoms in total. The van der Waals surface area contributed by atoms with Crippen LogP contribution in [0.2, 0.25) is 0 Å². The molecule has 0 heterocycles. The normalized spacial score (nSPS) is 12.6. The molecule has 0 rings (SSSR count). The van der Waals surface area contributed by atoms with Crippen LogP contribution in [0.1, 0.15) is 273 Å². The molecule has 0 aliphatic carbocycles. The Morgan fingerprint density at radius 3 is 0.912 bits per heavy atom. The fraction of sp³-hybridized carbons (Fsp3) is 0.941. The van der Waals surface area contributed by atoms with Gasteiger partial charge in [-0.05, 0) is 37.0 Å². The molecule has 0 bridgehead atoms. The van der Waals surface area contributed by atoms with Crippen LogP contribution in [0.3, 0.4) is 0 Å². The SMILES string of the molecule is CCC(C)CCCCCCCCC(=O)O[C@H](COC(=O)CCCCCCCCCCCCCCC(C)C)COC(=O)CCCCCCCCCCCCCC(C)C. The summed E-state index contributed by atoms with van der Waals surface area (Å²) in [6, 6.07) is 0. The second kappa shape index (κ2) is 42.5. The quantitative estimate of drug-likeness (QED) is 0.0347. The summed E-state index contributed by atoms with van der Waals surface area (Å²) in [6.45, 7) is 13.7. The predicted octanol–water partition coefficient (Wildman–Crippen LogP) is 16.0. The van der Waals surface area contributed by atoms with Gasteiger partial charge in [-0.15, -0.1) is 0 Å². The van der Waals surface area contributed by atoms with Crippen molar-refractivity contribution in [3.63, 3.8) is 0 Å². The predicted molar refractivity (Wildman–Crippen MR) is 243 cm³/mol. The summed E-state index contributed by atoms with van der Waals surface area (Å²) in [7, 11) is 0. The Morgan fingerprint density at radius 2 is 0.614 bits per heavy atom. The van der Waals surface area contributed by atoms with E-state index in [1.165, 1.54) is 154 Å². The second-order valence-electron chi connectivity index (χ2n) is 18.6. The van der Waals surface area contributed by atoms with Crippen LogP contribution in [0.4, 0.5) is 0 Å². The van der Waals surface area contributed by atoms with Crippen LogP contribution in [0, 0.1) is 17.8 Å². The minimum Gasteiger partial charge on any atom is -0.462 e. The van der Waals surface area contributed by atoms with Gasteiger partial charge in [-0.25, -0.2) is 0 Å². The first kappa shape index (κ1) is 55.4. The molecule has 2 atom stereocenters. The third-order valence-electron chi connectivity index (χ3n) is 11.8. The van der Waals surface area contributed by atoms with Crippen molar-refractivity contribution < 1.29 is 28.6 Å².